The van der Waals surface area contributed by atoms with Crippen LogP contribution in [0.5, 0.6) is 5.75 Å². The van der Waals surface area contributed by atoms with Gasteiger partial charge in [-0.15, -0.1) is 0 Å². The van der Waals surface area contributed by atoms with Crippen LogP contribution in [0.15, 0.2) is 24.3 Å². The summed E-state index contributed by atoms with van der Waals surface area (Å²) in [5.41, 5.74) is 0.500. The Morgan fingerprint density at radius 2 is 2.00 bits per heavy atom. The van der Waals surface area contributed by atoms with Crippen molar-refractivity contribution in [1.29, 1.82) is 0 Å². The SMILES string of the molecule is COc1cccc(CC(O)C(C)(C)OC)c1. The van der Waals surface area contributed by atoms with E-state index in [-0.39, 0.29) is 0 Å². The van der Waals surface area contributed by atoms with E-state index in [2.05, 4.69) is 0 Å². The van der Waals surface area contributed by atoms with Crippen LogP contribution in [0.3, 0.4) is 0 Å². The monoisotopic (exact) mass is 224 g/mol. The van der Waals surface area contributed by atoms with Gasteiger partial charge in [0.15, 0.2) is 0 Å². The summed E-state index contributed by atoms with van der Waals surface area (Å²) < 4.78 is 10.4. The molecule has 0 aliphatic rings. The quantitative estimate of drug-likeness (QED) is 0.831. The number of aliphatic hydroxyl groups excluding tert-OH is 1. The van der Waals surface area contributed by atoms with Crippen LogP contribution in [0.4, 0.5) is 0 Å². The molecule has 0 saturated carbocycles. The van der Waals surface area contributed by atoms with Gasteiger partial charge in [-0.25, -0.2) is 0 Å². The Morgan fingerprint density at radius 1 is 1.31 bits per heavy atom. The highest BCUT2D eigenvalue weighted by molar-refractivity contribution is 5.29. The van der Waals surface area contributed by atoms with Crippen LogP contribution in [-0.4, -0.2) is 31.0 Å². The van der Waals surface area contributed by atoms with E-state index in [1.807, 2.05) is 38.1 Å². The maximum atomic E-state index is 10.0. The van der Waals surface area contributed by atoms with Gasteiger partial charge >= 0.3 is 0 Å². The highest BCUT2D eigenvalue weighted by atomic mass is 16.5. The third-order valence-corrected chi connectivity index (χ3v) is 2.89. The fourth-order valence-corrected chi connectivity index (χ4v) is 1.40. The third kappa shape index (κ3) is 3.22. The molecule has 1 aromatic rings. The molecule has 1 aromatic carbocycles. The smallest absolute Gasteiger partial charge is 0.119 e. The molecule has 0 radical (unpaired) electrons. The molecule has 0 aliphatic carbocycles. The molecule has 3 heteroatoms. The molecule has 0 bridgehead atoms. The number of hydrogen-bond acceptors (Lipinski definition) is 3. The van der Waals surface area contributed by atoms with Gasteiger partial charge in [0, 0.05) is 13.5 Å². The Bertz CT molecular complexity index is 334. The summed E-state index contributed by atoms with van der Waals surface area (Å²) in [6.45, 7) is 3.75. The van der Waals surface area contributed by atoms with Crippen LogP contribution in [-0.2, 0) is 11.2 Å². The van der Waals surface area contributed by atoms with Crippen molar-refractivity contribution in [2.45, 2.75) is 32.0 Å². The van der Waals surface area contributed by atoms with Crippen molar-refractivity contribution in [2.24, 2.45) is 0 Å². The van der Waals surface area contributed by atoms with E-state index in [0.29, 0.717) is 6.42 Å². The van der Waals surface area contributed by atoms with Gasteiger partial charge in [-0.2, -0.15) is 0 Å². The minimum atomic E-state index is -0.539. The molecule has 1 unspecified atom stereocenters. The first-order chi connectivity index (χ1) is 7.49. The van der Waals surface area contributed by atoms with Crippen LogP contribution in [0.2, 0.25) is 0 Å². The van der Waals surface area contributed by atoms with Crippen molar-refractivity contribution in [1.82, 2.24) is 0 Å². The second kappa shape index (κ2) is 5.32. The maximum Gasteiger partial charge on any atom is 0.119 e. The normalized spacial score (nSPS) is 13.6. The van der Waals surface area contributed by atoms with E-state index in [9.17, 15) is 5.11 Å². The van der Waals surface area contributed by atoms with E-state index in [1.165, 1.54) is 0 Å². The summed E-state index contributed by atoms with van der Waals surface area (Å²) in [6, 6.07) is 7.70. The molecule has 0 saturated heterocycles. The number of ether oxygens (including phenoxy) is 2. The summed E-state index contributed by atoms with van der Waals surface area (Å²) >= 11 is 0. The zero-order valence-corrected chi connectivity index (χ0v) is 10.4. The third-order valence-electron chi connectivity index (χ3n) is 2.89. The Hall–Kier alpha value is -1.06. The van der Waals surface area contributed by atoms with Crippen LogP contribution in [0.25, 0.3) is 0 Å². The molecule has 1 N–H and O–H groups in total. The molecule has 16 heavy (non-hydrogen) atoms. The van der Waals surface area contributed by atoms with E-state index in [0.717, 1.165) is 11.3 Å². The zero-order valence-electron chi connectivity index (χ0n) is 10.4. The first-order valence-corrected chi connectivity index (χ1v) is 5.35. The average Bonchev–Trinajstić information content (AvgIpc) is 2.29. The Kier molecular flexibility index (Phi) is 4.33. The topological polar surface area (TPSA) is 38.7 Å². The highest BCUT2D eigenvalue weighted by Gasteiger charge is 2.27. The lowest BCUT2D eigenvalue weighted by Crippen LogP contribution is -2.39. The molecule has 0 aromatic heterocycles. The standard InChI is InChI=1S/C13H20O3/c1-13(2,16-4)12(14)9-10-6-5-7-11(8-10)15-3/h5-8,12,14H,9H2,1-4H3. The van der Waals surface area contributed by atoms with Crippen molar-refractivity contribution in [2.75, 3.05) is 14.2 Å². The molecule has 0 fully saturated rings. The molecule has 3 nitrogen and oxygen atoms in total. The van der Waals surface area contributed by atoms with Crippen molar-refractivity contribution < 1.29 is 14.6 Å². The minimum absolute atomic E-state index is 0.537. The van der Waals surface area contributed by atoms with E-state index in [4.69, 9.17) is 9.47 Å². The van der Waals surface area contributed by atoms with E-state index < -0.39 is 11.7 Å². The molecular formula is C13H20O3. The number of aliphatic hydroxyl groups is 1. The molecule has 90 valence electrons. The maximum absolute atomic E-state index is 10.0. The number of rotatable bonds is 5. The van der Waals surface area contributed by atoms with Gasteiger partial charge in [0.25, 0.3) is 0 Å². The van der Waals surface area contributed by atoms with Gasteiger partial charge in [-0.05, 0) is 31.5 Å². The van der Waals surface area contributed by atoms with Gasteiger partial charge in [0.2, 0.25) is 0 Å². The number of hydrogen-bond donors (Lipinski definition) is 1. The minimum Gasteiger partial charge on any atom is -0.497 e. The Labute approximate surface area is 97.0 Å². The van der Waals surface area contributed by atoms with Gasteiger partial charge in [0.05, 0.1) is 18.8 Å². The fraction of sp³-hybridized carbons (Fsp3) is 0.538. The fourth-order valence-electron chi connectivity index (χ4n) is 1.40. The average molecular weight is 224 g/mol. The van der Waals surface area contributed by atoms with Crippen molar-refractivity contribution in [3.63, 3.8) is 0 Å². The van der Waals surface area contributed by atoms with Gasteiger partial charge in [-0.1, -0.05) is 12.1 Å². The molecule has 1 atom stereocenters. The summed E-state index contributed by atoms with van der Waals surface area (Å²) in [5, 5.41) is 10.0. The van der Waals surface area contributed by atoms with Crippen LogP contribution < -0.4 is 4.74 Å². The summed E-state index contributed by atoms with van der Waals surface area (Å²) in [5.74, 6) is 0.805. The lowest BCUT2D eigenvalue weighted by molar-refractivity contribution is -0.0765. The molecule has 1 rings (SSSR count). The molecule has 0 heterocycles. The Balaban J connectivity index is 2.72. The summed E-state index contributed by atoms with van der Waals surface area (Å²) in [6.07, 6.45) is 0.0162. The van der Waals surface area contributed by atoms with Crippen LogP contribution in [0, 0.1) is 0 Å². The van der Waals surface area contributed by atoms with E-state index in [1.54, 1.807) is 14.2 Å². The molecule has 0 spiro atoms. The van der Waals surface area contributed by atoms with Crippen molar-refractivity contribution in [3.8, 4) is 5.75 Å². The highest BCUT2D eigenvalue weighted by Crippen LogP contribution is 2.20. The van der Waals surface area contributed by atoms with Crippen LogP contribution >= 0.6 is 0 Å². The lowest BCUT2D eigenvalue weighted by Gasteiger charge is -2.29. The predicted molar refractivity (Wildman–Crippen MR) is 63.8 cm³/mol. The van der Waals surface area contributed by atoms with Crippen molar-refractivity contribution >= 4 is 0 Å². The number of methoxy groups -OCH3 is 2. The largest absolute Gasteiger partial charge is 0.497 e. The first kappa shape index (κ1) is 13.0. The van der Waals surface area contributed by atoms with Crippen LogP contribution in [0.1, 0.15) is 19.4 Å². The van der Waals surface area contributed by atoms with Gasteiger partial charge in [0.1, 0.15) is 5.75 Å². The van der Waals surface area contributed by atoms with Crippen molar-refractivity contribution in [3.05, 3.63) is 29.8 Å². The molecule has 0 amide bonds. The predicted octanol–water partition coefficient (Wildman–Crippen LogP) is 2.02. The Morgan fingerprint density at radius 3 is 2.56 bits per heavy atom. The summed E-state index contributed by atoms with van der Waals surface area (Å²) in [4.78, 5) is 0. The summed E-state index contributed by atoms with van der Waals surface area (Å²) in [7, 11) is 3.24. The second-order valence-corrected chi connectivity index (χ2v) is 4.38. The molecular weight excluding hydrogens is 204 g/mol. The van der Waals surface area contributed by atoms with Gasteiger partial charge < -0.3 is 14.6 Å². The number of benzene rings is 1. The van der Waals surface area contributed by atoms with Gasteiger partial charge in [-0.3, -0.25) is 0 Å². The zero-order chi connectivity index (χ0) is 12.2. The first-order valence-electron chi connectivity index (χ1n) is 5.35. The lowest BCUT2D eigenvalue weighted by atomic mass is 9.95. The van der Waals surface area contributed by atoms with E-state index >= 15 is 0 Å². The second-order valence-electron chi connectivity index (χ2n) is 4.38. The molecule has 0 aliphatic heterocycles.